The maximum atomic E-state index is 12.1. The molecule has 0 amide bonds. The number of rotatable bonds is 4. The molecule has 0 fully saturated rings. The van der Waals surface area contributed by atoms with Crippen LogP contribution in [0.5, 0.6) is 5.75 Å². The van der Waals surface area contributed by atoms with Gasteiger partial charge in [0, 0.05) is 0 Å². The molecule has 0 aliphatic heterocycles. The van der Waals surface area contributed by atoms with Crippen molar-refractivity contribution in [2.45, 2.75) is 19.6 Å². The first-order chi connectivity index (χ1) is 9.91. The maximum Gasteiger partial charge on any atom is 0.573 e. The Bertz CT molecular complexity index is 584. The highest BCUT2D eigenvalue weighted by Gasteiger charge is 2.30. The molecule has 0 spiro atoms. The maximum absolute atomic E-state index is 12.1. The standard InChI is InChI=1S/C15H13F3O3/c16-15(17,18)21-14-3-1-12(2-4-14)13-6-10(8-19)5-11(7-13)9-20/h1-7,19-20H,8-9H2. The van der Waals surface area contributed by atoms with Crippen molar-refractivity contribution in [2.75, 3.05) is 0 Å². The molecule has 0 atom stereocenters. The van der Waals surface area contributed by atoms with Crippen molar-refractivity contribution in [3.05, 3.63) is 53.6 Å². The Kier molecular flexibility index (Phi) is 4.50. The number of aliphatic hydroxyl groups excluding tert-OH is 2. The minimum absolute atomic E-state index is 0.184. The average Bonchev–Trinajstić information content (AvgIpc) is 2.45. The number of hydrogen-bond donors (Lipinski definition) is 2. The van der Waals surface area contributed by atoms with Crippen molar-refractivity contribution >= 4 is 0 Å². The van der Waals surface area contributed by atoms with Crippen LogP contribution in [0.1, 0.15) is 11.1 Å². The molecule has 0 unspecified atom stereocenters. The van der Waals surface area contributed by atoms with Crippen LogP contribution in [0.2, 0.25) is 0 Å². The van der Waals surface area contributed by atoms with Crippen LogP contribution in [0, 0.1) is 0 Å². The third-order valence-corrected chi connectivity index (χ3v) is 2.84. The van der Waals surface area contributed by atoms with Crippen LogP contribution in [0.25, 0.3) is 11.1 Å². The lowest BCUT2D eigenvalue weighted by atomic mass is 10.00. The molecule has 112 valence electrons. The van der Waals surface area contributed by atoms with E-state index in [1.54, 1.807) is 18.2 Å². The molecule has 0 saturated carbocycles. The van der Waals surface area contributed by atoms with E-state index in [9.17, 15) is 23.4 Å². The Morgan fingerprint density at radius 2 is 1.33 bits per heavy atom. The van der Waals surface area contributed by atoms with Crippen LogP contribution < -0.4 is 4.74 Å². The Balaban J connectivity index is 2.30. The van der Waals surface area contributed by atoms with Crippen molar-refractivity contribution < 1.29 is 28.1 Å². The summed E-state index contributed by atoms with van der Waals surface area (Å²) in [5, 5.41) is 18.3. The van der Waals surface area contributed by atoms with Gasteiger partial charge in [-0.05, 0) is 46.5 Å². The highest BCUT2D eigenvalue weighted by Crippen LogP contribution is 2.27. The van der Waals surface area contributed by atoms with Crippen LogP contribution in [0.15, 0.2) is 42.5 Å². The van der Waals surface area contributed by atoms with Gasteiger partial charge in [-0.3, -0.25) is 0 Å². The van der Waals surface area contributed by atoms with Crippen LogP contribution in [-0.2, 0) is 13.2 Å². The molecule has 0 aliphatic rings. The molecular formula is C15H13F3O3. The van der Waals surface area contributed by atoms with Gasteiger partial charge in [-0.2, -0.15) is 0 Å². The monoisotopic (exact) mass is 298 g/mol. The summed E-state index contributed by atoms with van der Waals surface area (Å²) >= 11 is 0. The fourth-order valence-electron chi connectivity index (χ4n) is 1.96. The Hall–Kier alpha value is -2.05. The second-order valence-corrected chi connectivity index (χ2v) is 4.43. The van der Waals surface area contributed by atoms with Crippen LogP contribution >= 0.6 is 0 Å². The predicted molar refractivity (Wildman–Crippen MR) is 70.4 cm³/mol. The first kappa shape index (κ1) is 15.3. The highest BCUT2D eigenvalue weighted by atomic mass is 19.4. The number of benzene rings is 2. The van der Waals surface area contributed by atoms with Crippen LogP contribution in [-0.4, -0.2) is 16.6 Å². The van der Waals surface area contributed by atoms with E-state index in [1.807, 2.05) is 0 Å². The van der Waals surface area contributed by atoms with E-state index in [0.29, 0.717) is 22.3 Å². The van der Waals surface area contributed by atoms with Gasteiger partial charge >= 0.3 is 6.36 Å². The van der Waals surface area contributed by atoms with E-state index in [4.69, 9.17) is 0 Å². The molecule has 0 aromatic heterocycles. The van der Waals surface area contributed by atoms with Gasteiger partial charge in [0.25, 0.3) is 0 Å². The summed E-state index contributed by atoms with van der Waals surface area (Å²) in [7, 11) is 0. The lowest BCUT2D eigenvalue weighted by Crippen LogP contribution is -2.16. The van der Waals surface area contributed by atoms with E-state index >= 15 is 0 Å². The van der Waals surface area contributed by atoms with E-state index in [2.05, 4.69) is 4.74 Å². The van der Waals surface area contributed by atoms with Gasteiger partial charge < -0.3 is 14.9 Å². The molecular weight excluding hydrogens is 285 g/mol. The zero-order chi connectivity index (χ0) is 15.5. The summed E-state index contributed by atoms with van der Waals surface area (Å²) in [6, 6.07) is 10.5. The fraction of sp³-hybridized carbons (Fsp3) is 0.200. The third kappa shape index (κ3) is 4.21. The lowest BCUT2D eigenvalue weighted by molar-refractivity contribution is -0.274. The van der Waals surface area contributed by atoms with Crippen molar-refractivity contribution in [3.63, 3.8) is 0 Å². The molecule has 0 aliphatic carbocycles. The van der Waals surface area contributed by atoms with Crippen molar-refractivity contribution in [1.82, 2.24) is 0 Å². The lowest BCUT2D eigenvalue weighted by Gasteiger charge is -2.10. The van der Waals surface area contributed by atoms with Crippen molar-refractivity contribution in [3.8, 4) is 16.9 Å². The molecule has 2 aromatic carbocycles. The molecule has 0 radical (unpaired) electrons. The number of ether oxygens (including phenoxy) is 1. The van der Waals surface area contributed by atoms with E-state index in [-0.39, 0.29) is 19.0 Å². The predicted octanol–water partition coefficient (Wildman–Crippen LogP) is 3.24. The summed E-state index contributed by atoms with van der Waals surface area (Å²) in [6.07, 6.45) is -4.72. The first-order valence-electron chi connectivity index (χ1n) is 6.12. The summed E-state index contributed by atoms with van der Waals surface area (Å²) in [5.41, 5.74) is 2.60. The zero-order valence-corrected chi connectivity index (χ0v) is 10.9. The summed E-state index contributed by atoms with van der Waals surface area (Å²) in [5.74, 6) is -0.299. The van der Waals surface area contributed by atoms with Gasteiger partial charge in [0.15, 0.2) is 0 Å². The molecule has 21 heavy (non-hydrogen) atoms. The summed E-state index contributed by atoms with van der Waals surface area (Å²) in [6.45, 7) is -0.369. The average molecular weight is 298 g/mol. The van der Waals surface area contributed by atoms with Crippen molar-refractivity contribution in [1.29, 1.82) is 0 Å². The minimum atomic E-state index is -4.72. The third-order valence-electron chi connectivity index (χ3n) is 2.84. The van der Waals surface area contributed by atoms with Gasteiger partial charge in [0.05, 0.1) is 13.2 Å². The second kappa shape index (κ2) is 6.15. The number of hydrogen-bond acceptors (Lipinski definition) is 3. The molecule has 0 saturated heterocycles. The van der Waals surface area contributed by atoms with Gasteiger partial charge in [-0.1, -0.05) is 18.2 Å². The van der Waals surface area contributed by atoms with Gasteiger partial charge in [-0.25, -0.2) is 0 Å². The van der Waals surface area contributed by atoms with Gasteiger partial charge in [0.1, 0.15) is 5.75 Å². The normalized spacial score (nSPS) is 11.5. The quantitative estimate of drug-likeness (QED) is 0.911. The number of halogens is 3. The van der Waals surface area contributed by atoms with Crippen molar-refractivity contribution in [2.24, 2.45) is 0 Å². The highest BCUT2D eigenvalue weighted by molar-refractivity contribution is 5.66. The topological polar surface area (TPSA) is 49.7 Å². The Morgan fingerprint density at radius 3 is 1.76 bits per heavy atom. The summed E-state index contributed by atoms with van der Waals surface area (Å²) in [4.78, 5) is 0. The molecule has 2 N–H and O–H groups in total. The molecule has 3 nitrogen and oxygen atoms in total. The number of alkyl halides is 3. The molecule has 0 bridgehead atoms. The first-order valence-corrected chi connectivity index (χ1v) is 6.12. The SMILES string of the molecule is OCc1cc(CO)cc(-c2ccc(OC(F)(F)F)cc2)c1. The Labute approximate surface area is 119 Å². The van der Waals surface area contributed by atoms with E-state index in [1.165, 1.54) is 24.3 Å². The number of aliphatic hydroxyl groups is 2. The molecule has 6 heteroatoms. The minimum Gasteiger partial charge on any atom is -0.406 e. The second-order valence-electron chi connectivity index (χ2n) is 4.43. The van der Waals surface area contributed by atoms with Gasteiger partial charge in [-0.15, -0.1) is 13.2 Å². The zero-order valence-electron chi connectivity index (χ0n) is 10.9. The Morgan fingerprint density at radius 1 is 0.810 bits per heavy atom. The molecule has 0 heterocycles. The fourth-order valence-corrected chi connectivity index (χ4v) is 1.96. The van der Waals surface area contributed by atoms with Crippen LogP contribution in [0.4, 0.5) is 13.2 Å². The smallest absolute Gasteiger partial charge is 0.406 e. The molecule has 2 rings (SSSR count). The van der Waals surface area contributed by atoms with Gasteiger partial charge in [0.2, 0.25) is 0 Å². The largest absolute Gasteiger partial charge is 0.573 e. The molecule has 2 aromatic rings. The van der Waals surface area contributed by atoms with E-state index < -0.39 is 6.36 Å². The summed E-state index contributed by atoms with van der Waals surface area (Å²) < 4.78 is 40.1. The van der Waals surface area contributed by atoms with Crippen LogP contribution in [0.3, 0.4) is 0 Å². The van der Waals surface area contributed by atoms with E-state index in [0.717, 1.165) is 0 Å².